The topological polar surface area (TPSA) is 29.5 Å². The second-order valence-corrected chi connectivity index (χ2v) is 2.76. The van der Waals surface area contributed by atoms with Crippen LogP contribution in [-0.2, 0) is 4.74 Å². The number of methoxy groups -OCH3 is 1. The third-order valence-corrected chi connectivity index (χ3v) is 1.73. The maximum Gasteiger partial charge on any atom is 0.0537 e. The molecule has 0 saturated heterocycles. The van der Waals surface area contributed by atoms with Crippen molar-refractivity contribution in [3.63, 3.8) is 0 Å². The zero-order valence-electron chi connectivity index (χ0n) is 6.48. The number of aliphatic hydroxyl groups excluding tert-OH is 1. The van der Waals surface area contributed by atoms with Gasteiger partial charge >= 0.3 is 0 Å². The second-order valence-electron chi connectivity index (χ2n) is 2.76. The van der Waals surface area contributed by atoms with Crippen molar-refractivity contribution < 1.29 is 9.84 Å². The van der Waals surface area contributed by atoms with Crippen molar-refractivity contribution in [1.29, 1.82) is 0 Å². The van der Waals surface area contributed by atoms with Gasteiger partial charge in [0, 0.05) is 12.5 Å². The van der Waals surface area contributed by atoms with Gasteiger partial charge < -0.3 is 9.84 Å². The lowest BCUT2D eigenvalue weighted by molar-refractivity contribution is 0.0399. The summed E-state index contributed by atoms with van der Waals surface area (Å²) in [7, 11) is 1.66. The Morgan fingerprint density at radius 1 is 1.56 bits per heavy atom. The molecular formula is C7H16O2. The molecule has 9 heavy (non-hydrogen) atoms. The Labute approximate surface area is 56.8 Å². The molecule has 2 nitrogen and oxygen atoms in total. The van der Waals surface area contributed by atoms with Crippen molar-refractivity contribution in [2.24, 2.45) is 5.41 Å². The maximum atomic E-state index is 8.84. The highest BCUT2D eigenvalue weighted by molar-refractivity contribution is 4.69. The van der Waals surface area contributed by atoms with Crippen molar-refractivity contribution in [3.05, 3.63) is 0 Å². The molecule has 0 heterocycles. The Morgan fingerprint density at radius 2 is 2.11 bits per heavy atom. The SMILES string of the molecule is CCC(C)(CO)COC. The largest absolute Gasteiger partial charge is 0.396 e. The van der Waals surface area contributed by atoms with Crippen LogP contribution < -0.4 is 0 Å². The number of rotatable bonds is 4. The zero-order valence-corrected chi connectivity index (χ0v) is 6.48. The summed E-state index contributed by atoms with van der Waals surface area (Å²) < 4.78 is 4.93. The smallest absolute Gasteiger partial charge is 0.0537 e. The Morgan fingerprint density at radius 3 is 2.22 bits per heavy atom. The monoisotopic (exact) mass is 132 g/mol. The van der Waals surface area contributed by atoms with E-state index in [1.54, 1.807) is 7.11 Å². The first-order valence-electron chi connectivity index (χ1n) is 3.28. The third-order valence-electron chi connectivity index (χ3n) is 1.73. The summed E-state index contributed by atoms with van der Waals surface area (Å²) in [4.78, 5) is 0. The second kappa shape index (κ2) is 3.85. The van der Waals surface area contributed by atoms with E-state index in [0.29, 0.717) is 6.61 Å². The predicted molar refractivity (Wildman–Crippen MR) is 37.4 cm³/mol. The fourth-order valence-corrected chi connectivity index (χ4v) is 0.608. The molecule has 0 aliphatic carbocycles. The van der Waals surface area contributed by atoms with Crippen LogP contribution in [0, 0.1) is 5.41 Å². The highest BCUT2D eigenvalue weighted by Gasteiger charge is 2.19. The van der Waals surface area contributed by atoms with Gasteiger partial charge in [-0.25, -0.2) is 0 Å². The van der Waals surface area contributed by atoms with Gasteiger partial charge in [0.15, 0.2) is 0 Å². The minimum absolute atomic E-state index is 0.0330. The molecule has 0 aromatic heterocycles. The van der Waals surface area contributed by atoms with Gasteiger partial charge in [0.05, 0.1) is 13.2 Å². The number of hydrogen-bond acceptors (Lipinski definition) is 2. The molecule has 0 saturated carbocycles. The first kappa shape index (κ1) is 8.92. The molecule has 0 aromatic rings. The van der Waals surface area contributed by atoms with Gasteiger partial charge in [-0.05, 0) is 6.42 Å². The van der Waals surface area contributed by atoms with Crippen LogP contribution in [0.5, 0.6) is 0 Å². The number of hydrogen-bond donors (Lipinski definition) is 1. The van der Waals surface area contributed by atoms with Crippen LogP contribution in [0.4, 0.5) is 0 Å². The molecule has 1 unspecified atom stereocenters. The van der Waals surface area contributed by atoms with Crippen LogP contribution in [0.1, 0.15) is 20.3 Å². The average molecular weight is 132 g/mol. The Bertz CT molecular complexity index is 67.3. The molecule has 1 atom stereocenters. The van der Waals surface area contributed by atoms with Crippen LogP contribution in [-0.4, -0.2) is 25.4 Å². The summed E-state index contributed by atoms with van der Waals surface area (Å²) in [6.45, 7) is 4.91. The molecule has 2 heteroatoms. The van der Waals surface area contributed by atoms with Gasteiger partial charge in [-0.1, -0.05) is 13.8 Å². The lowest BCUT2D eigenvalue weighted by atomic mass is 9.90. The van der Waals surface area contributed by atoms with Crippen LogP contribution >= 0.6 is 0 Å². The predicted octanol–water partition coefficient (Wildman–Crippen LogP) is 1.04. The van der Waals surface area contributed by atoms with Gasteiger partial charge in [-0.15, -0.1) is 0 Å². The van der Waals surface area contributed by atoms with Crippen LogP contribution in [0.3, 0.4) is 0 Å². The fourth-order valence-electron chi connectivity index (χ4n) is 0.608. The first-order chi connectivity index (χ1) is 4.18. The van der Waals surface area contributed by atoms with Gasteiger partial charge in [-0.2, -0.15) is 0 Å². The maximum absolute atomic E-state index is 8.84. The summed E-state index contributed by atoms with van der Waals surface area (Å²) >= 11 is 0. The molecule has 1 N–H and O–H groups in total. The summed E-state index contributed by atoms with van der Waals surface area (Å²) in [5, 5.41) is 8.84. The molecule has 0 bridgehead atoms. The molecule has 0 fully saturated rings. The van der Waals surface area contributed by atoms with E-state index in [9.17, 15) is 0 Å². The Hall–Kier alpha value is -0.0800. The molecule has 0 spiro atoms. The highest BCUT2D eigenvalue weighted by Crippen LogP contribution is 2.19. The van der Waals surface area contributed by atoms with E-state index in [1.807, 2.05) is 6.92 Å². The van der Waals surface area contributed by atoms with Crippen LogP contribution in [0.15, 0.2) is 0 Å². The molecule has 0 aliphatic rings. The molecule has 0 aliphatic heterocycles. The van der Waals surface area contributed by atoms with E-state index < -0.39 is 0 Å². The molecule has 56 valence electrons. The van der Waals surface area contributed by atoms with Crippen molar-refractivity contribution in [2.45, 2.75) is 20.3 Å². The minimum Gasteiger partial charge on any atom is -0.396 e. The van der Waals surface area contributed by atoms with Crippen molar-refractivity contribution in [3.8, 4) is 0 Å². The molecule has 0 radical (unpaired) electrons. The Balaban J connectivity index is 3.62. The van der Waals surface area contributed by atoms with Gasteiger partial charge in [0.25, 0.3) is 0 Å². The lowest BCUT2D eigenvalue weighted by Gasteiger charge is -2.23. The van der Waals surface area contributed by atoms with E-state index in [0.717, 1.165) is 6.42 Å². The van der Waals surface area contributed by atoms with Gasteiger partial charge in [0.2, 0.25) is 0 Å². The minimum atomic E-state index is -0.0330. The number of aliphatic hydroxyl groups is 1. The molecule has 0 aromatic carbocycles. The highest BCUT2D eigenvalue weighted by atomic mass is 16.5. The van der Waals surface area contributed by atoms with E-state index in [1.165, 1.54) is 0 Å². The van der Waals surface area contributed by atoms with E-state index >= 15 is 0 Å². The van der Waals surface area contributed by atoms with E-state index in [4.69, 9.17) is 9.84 Å². The Kier molecular flexibility index (Phi) is 3.82. The lowest BCUT2D eigenvalue weighted by Crippen LogP contribution is -2.25. The third kappa shape index (κ3) is 2.82. The summed E-state index contributed by atoms with van der Waals surface area (Å²) in [6, 6.07) is 0. The summed E-state index contributed by atoms with van der Waals surface area (Å²) in [5.74, 6) is 0. The zero-order chi connectivity index (χ0) is 7.33. The van der Waals surface area contributed by atoms with Crippen molar-refractivity contribution >= 4 is 0 Å². The molecule has 0 amide bonds. The van der Waals surface area contributed by atoms with Crippen molar-refractivity contribution in [2.75, 3.05) is 20.3 Å². The van der Waals surface area contributed by atoms with Crippen molar-refractivity contribution in [1.82, 2.24) is 0 Å². The van der Waals surface area contributed by atoms with Gasteiger partial charge in [0.1, 0.15) is 0 Å². The normalized spacial score (nSPS) is 17.3. The summed E-state index contributed by atoms with van der Waals surface area (Å²) in [6.07, 6.45) is 0.956. The van der Waals surface area contributed by atoms with Crippen LogP contribution in [0.2, 0.25) is 0 Å². The quantitative estimate of drug-likeness (QED) is 0.619. The van der Waals surface area contributed by atoms with E-state index in [-0.39, 0.29) is 12.0 Å². The molecular weight excluding hydrogens is 116 g/mol. The fraction of sp³-hybridized carbons (Fsp3) is 1.00. The standard InChI is InChI=1S/C7H16O2/c1-4-7(2,5-8)6-9-3/h8H,4-6H2,1-3H3. The average Bonchev–Trinajstić information content (AvgIpc) is 1.89. The summed E-state index contributed by atoms with van der Waals surface area (Å²) in [5.41, 5.74) is -0.0330. The molecule has 0 rings (SSSR count). The first-order valence-corrected chi connectivity index (χ1v) is 3.28. The van der Waals surface area contributed by atoms with Gasteiger partial charge in [-0.3, -0.25) is 0 Å². The van der Waals surface area contributed by atoms with E-state index in [2.05, 4.69) is 6.92 Å². The number of ether oxygens (including phenoxy) is 1. The van der Waals surface area contributed by atoms with Crippen LogP contribution in [0.25, 0.3) is 0 Å².